The maximum atomic E-state index is 12.9. The van der Waals surface area contributed by atoms with Gasteiger partial charge in [0.15, 0.2) is 5.65 Å². The normalized spacial score (nSPS) is 12.8. The van der Waals surface area contributed by atoms with Gasteiger partial charge >= 0.3 is 5.69 Å². The second-order valence-corrected chi connectivity index (χ2v) is 8.79. The number of nitrogens with one attached hydrogen (secondary N) is 1. The third-order valence-electron chi connectivity index (χ3n) is 4.22. The highest BCUT2D eigenvalue weighted by Crippen LogP contribution is 2.28. The molecule has 1 amide bonds. The Hall–Kier alpha value is -2.16. The van der Waals surface area contributed by atoms with E-state index in [2.05, 4.69) is 15.3 Å². The van der Waals surface area contributed by atoms with Gasteiger partial charge in [0, 0.05) is 25.6 Å². The molecule has 0 saturated heterocycles. The van der Waals surface area contributed by atoms with Crippen LogP contribution in [-0.4, -0.2) is 36.3 Å². The molecular formula is C19H29N5O3S. The summed E-state index contributed by atoms with van der Waals surface area (Å²) in [7, 11) is 1.45. The third-order valence-corrected chi connectivity index (χ3v) is 5.30. The van der Waals surface area contributed by atoms with Gasteiger partial charge in [-0.2, -0.15) is 0 Å². The third kappa shape index (κ3) is 4.45. The summed E-state index contributed by atoms with van der Waals surface area (Å²) in [6.07, 6.45) is 0.726. The van der Waals surface area contributed by atoms with Crippen molar-refractivity contribution in [1.82, 2.24) is 24.4 Å². The van der Waals surface area contributed by atoms with Crippen molar-refractivity contribution in [2.45, 2.75) is 76.7 Å². The SMILES string of the molecule is CCCn1c(=O)n(C)c(=O)c2c(SC(C)C(=O)NC(C)C)nc(C(C)C)nc21. The van der Waals surface area contributed by atoms with Crippen molar-refractivity contribution in [2.75, 3.05) is 0 Å². The Bertz CT molecular complexity index is 994. The monoisotopic (exact) mass is 407 g/mol. The van der Waals surface area contributed by atoms with Crippen LogP contribution in [0.15, 0.2) is 14.6 Å². The highest BCUT2D eigenvalue weighted by molar-refractivity contribution is 8.00. The molecule has 2 aromatic heterocycles. The number of aryl methyl sites for hydroxylation is 1. The lowest BCUT2D eigenvalue weighted by Gasteiger charge is -2.17. The molecule has 9 heteroatoms. The Morgan fingerprint density at radius 3 is 2.32 bits per heavy atom. The zero-order valence-corrected chi connectivity index (χ0v) is 18.4. The number of hydrogen-bond donors (Lipinski definition) is 1. The Kier molecular flexibility index (Phi) is 7.03. The van der Waals surface area contributed by atoms with E-state index in [1.54, 1.807) is 6.92 Å². The number of carbonyl (C=O) groups is 1. The molecule has 0 saturated carbocycles. The van der Waals surface area contributed by atoms with Crippen LogP contribution in [0.4, 0.5) is 0 Å². The summed E-state index contributed by atoms with van der Waals surface area (Å²) in [4.78, 5) is 47.0. The maximum Gasteiger partial charge on any atom is 0.332 e. The summed E-state index contributed by atoms with van der Waals surface area (Å²) in [6, 6.07) is 0.0199. The number of hydrogen-bond acceptors (Lipinski definition) is 6. The molecule has 0 aromatic carbocycles. The van der Waals surface area contributed by atoms with Crippen LogP contribution >= 0.6 is 11.8 Å². The number of fused-ring (bicyclic) bond motifs is 1. The van der Waals surface area contributed by atoms with Crippen molar-refractivity contribution in [3.8, 4) is 0 Å². The van der Waals surface area contributed by atoms with Gasteiger partial charge in [-0.3, -0.25) is 18.7 Å². The molecule has 0 aliphatic heterocycles. The van der Waals surface area contributed by atoms with Crippen molar-refractivity contribution in [3.05, 3.63) is 26.7 Å². The van der Waals surface area contributed by atoms with Crippen molar-refractivity contribution in [1.29, 1.82) is 0 Å². The van der Waals surface area contributed by atoms with E-state index in [9.17, 15) is 14.4 Å². The number of amides is 1. The first-order valence-corrected chi connectivity index (χ1v) is 10.4. The average molecular weight is 408 g/mol. The Labute approximate surface area is 168 Å². The molecule has 154 valence electrons. The van der Waals surface area contributed by atoms with Gasteiger partial charge in [-0.15, -0.1) is 0 Å². The van der Waals surface area contributed by atoms with Crippen LogP contribution in [0.25, 0.3) is 11.0 Å². The van der Waals surface area contributed by atoms with Crippen LogP contribution in [-0.2, 0) is 18.4 Å². The lowest BCUT2D eigenvalue weighted by molar-refractivity contribution is -0.120. The molecule has 0 aliphatic rings. The van der Waals surface area contributed by atoms with Crippen LogP contribution in [0, 0.1) is 0 Å². The number of aromatic nitrogens is 4. The van der Waals surface area contributed by atoms with E-state index in [0.29, 0.717) is 23.0 Å². The van der Waals surface area contributed by atoms with Crippen molar-refractivity contribution < 1.29 is 4.79 Å². The van der Waals surface area contributed by atoms with Crippen molar-refractivity contribution >= 4 is 28.7 Å². The van der Waals surface area contributed by atoms with Crippen LogP contribution in [0.1, 0.15) is 59.7 Å². The van der Waals surface area contributed by atoms with Crippen LogP contribution < -0.4 is 16.6 Å². The predicted molar refractivity (Wildman–Crippen MR) is 112 cm³/mol. The van der Waals surface area contributed by atoms with E-state index in [1.165, 1.54) is 23.4 Å². The molecule has 8 nitrogen and oxygen atoms in total. The summed E-state index contributed by atoms with van der Waals surface area (Å²) in [6.45, 7) is 11.9. The zero-order valence-electron chi connectivity index (χ0n) is 17.6. The molecule has 2 heterocycles. The highest BCUT2D eigenvalue weighted by atomic mass is 32.2. The molecule has 1 unspecified atom stereocenters. The molecule has 0 radical (unpaired) electrons. The van der Waals surface area contributed by atoms with Crippen LogP contribution in [0.3, 0.4) is 0 Å². The van der Waals surface area contributed by atoms with Crippen LogP contribution in [0.5, 0.6) is 0 Å². The topological polar surface area (TPSA) is 98.9 Å². The molecule has 28 heavy (non-hydrogen) atoms. The first kappa shape index (κ1) is 22.1. The number of rotatable bonds is 7. The lowest BCUT2D eigenvalue weighted by Crippen LogP contribution is -2.39. The van der Waals surface area contributed by atoms with E-state index < -0.39 is 16.5 Å². The second kappa shape index (κ2) is 8.89. The summed E-state index contributed by atoms with van der Waals surface area (Å²) in [5.41, 5.74) is -0.497. The molecule has 2 rings (SSSR count). The minimum atomic E-state index is -0.447. The van der Waals surface area contributed by atoms with Gasteiger partial charge in [0.2, 0.25) is 5.91 Å². The number of carbonyl (C=O) groups excluding carboxylic acids is 1. The highest BCUT2D eigenvalue weighted by Gasteiger charge is 2.23. The fourth-order valence-electron chi connectivity index (χ4n) is 2.75. The van der Waals surface area contributed by atoms with E-state index in [0.717, 1.165) is 11.0 Å². The molecule has 1 N–H and O–H groups in total. The smallest absolute Gasteiger partial charge is 0.332 e. The molecule has 2 aromatic rings. The Balaban J connectivity index is 2.75. The quantitative estimate of drug-likeness (QED) is 0.557. The standard InChI is InChI=1S/C19H29N5O3S/c1-8-9-24-15-13(18(26)23(7)19(24)27)17(22-14(21-15)10(2)3)28-12(6)16(25)20-11(4)5/h10-12H,8-9H2,1-7H3,(H,20,25). The first-order chi connectivity index (χ1) is 13.1. The van der Waals surface area contributed by atoms with E-state index in [1.807, 2.05) is 34.6 Å². The summed E-state index contributed by atoms with van der Waals surface area (Å²) < 4.78 is 2.60. The Morgan fingerprint density at radius 2 is 1.79 bits per heavy atom. The van der Waals surface area contributed by atoms with E-state index in [-0.39, 0.29) is 23.3 Å². The summed E-state index contributed by atoms with van der Waals surface area (Å²) in [5.74, 6) is 0.429. The van der Waals surface area contributed by atoms with Gasteiger partial charge in [0.05, 0.1) is 5.25 Å². The molecule has 0 fully saturated rings. The van der Waals surface area contributed by atoms with Gasteiger partial charge < -0.3 is 5.32 Å². The Morgan fingerprint density at radius 1 is 1.14 bits per heavy atom. The van der Waals surface area contributed by atoms with E-state index in [4.69, 9.17) is 0 Å². The molecule has 0 spiro atoms. The second-order valence-electron chi connectivity index (χ2n) is 7.46. The van der Waals surface area contributed by atoms with Crippen molar-refractivity contribution in [3.63, 3.8) is 0 Å². The number of thioether (sulfide) groups is 1. The summed E-state index contributed by atoms with van der Waals surface area (Å²) in [5, 5.41) is 3.15. The molecular weight excluding hydrogens is 378 g/mol. The largest absolute Gasteiger partial charge is 0.353 e. The van der Waals surface area contributed by atoms with Gasteiger partial charge in [0.1, 0.15) is 16.2 Å². The van der Waals surface area contributed by atoms with Crippen molar-refractivity contribution in [2.24, 2.45) is 7.05 Å². The van der Waals surface area contributed by atoms with Gasteiger partial charge in [-0.25, -0.2) is 14.8 Å². The zero-order chi connectivity index (χ0) is 21.2. The first-order valence-electron chi connectivity index (χ1n) is 9.56. The fraction of sp³-hybridized carbons (Fsp3) is 0.632. The predicted octanol–water partition coefficient (Wildman–Crippen LogP) is 2.03. The average Bonchev–Trinajstić information content (AvgIpc) is 2.62. The van der Waals surface area contributed by atoms with Gasteiger partial charge in [0.25, 0.3) is 5.56 Å². The maximum absolute atomic E-state index is 12.9. The summed E-state index contributed by atoms with van der Waals surface area (Å²) >= 11 is 1.22. The lowest BCUT2D eigenvalue weighted by atomic mass is 10.2. The minimum Gasteiger partial charge on any atom is -0.353 e. The fourth-order valence-corrected chi connectivity index (χ4v) is 3.70. The molecule has 1 atom stereocenters. The van der Waals surface area contributed by atoms with Crippen LogP contribution in [0.2, 0.25) is 0 Å². The molecule has 0 bridgehead atoms. The van der Waals surface area contributed by atoms with E-state index >= 15 is 0 Å². The van der Waals surface area contributed by atoms with Gasteiger partial charge in [-0.1, -0.05) is 32.5 Å². The molecule has 0 aliphatic carbocycles. The van der Waals surface area contributed by atoms with Gasteiger partial charge in [-0.05, 0) is 27.2 Å². The minimum absolute atomic E-state index is 0.0118. The number of nitrogens with zero attached hydrogens (tertiary/aromatic N) is 4.